The number of benzene rings is 1. The fourth-order valence-corrected chi connectivity index (χ4v) is 4.31. The Morgan fingerprint density at radius 1 is 1.26 bits per heavy atom. The van der Waals surface area contributed by atoms with Crippen LogP contribution < -0.4 is 4.74 Å². The Labute approximate surface area is 185 Å². The Bertz CT molecular complexity index is 997. The van der Waals surface area contributed by atoms with Crippen LogP contribution in [0.4, 0.5) is 4.79 Å². The van der Waals surface area contributed by atoms with Gasteiger partial charge in [0, 0.05) is 24.4 Å². The van der Waals surface area contributed by atoms with Crippen molar-refractivity contribution in [2.24, 2.45) is 0 Å². The van der Waals surface area contributed by atoms with Crippen molar-refractivity contribution in [2.45, 2.75) is 51.7 Å². The number of piperidine rings is 1. The molecule has 1 amide bonds. The third kappa shape index (κ3) is 5.57. The predicted octanol–water partition coefficient (Wildman–Crippen LogP) is 3.81. The second-order valence-corrected chi connectivity index (χ2v) is 9.37. The second-order valence-electron chi connectivity index (χ2n) is 8.48. The maximum absolute atomic E-state index is 12.4. The summed E-state index contributed by atoms with van der Waals surface area (Å²) in [5.41, 5.74) is 1.26. The zero-order chi connectivity index (χ0) is 21.8. The molecule has 1 aromatic carbocycles. The lowest BCUT2D eigenvalue weighted by atomic mass is 9.99. The highest BCUT2D eigenvalue weighted by Crippen LogP contribution is 2.30. The molecule has 1 saturated heterocycles. The van der Waals surface area contributed by atoms with Crippen LogP contribution in [0, 0.1) is 0 Å². The van der Waals surface area contributed by atoms with Gasteiger partial charge in [-0.05, 0) is 68.3 Å². The summed E-state index contributed by atoms with van der Waals surface area (Å²) < 4.78 is 13.0. The van der Waals surface area contributed by atoms with Gasteiger partial charge in [-0.2, -0.15) is 0 Å². The summed E-state index contributed by atoms with van der Waals surface area (Å²) in [7, 11) is 0. The molecule has 10 heteroatoms. The molecule has 0 spiro atoms. The number of ether oxygens (including phenoxy) is 2. The zero-order valence-electron chi connectivity index (χ0n) is 17.9. The van der Waals surface area contributed by atoms with Crippen molar-refractivity contribution in [3.8, 4) is 11.4 Å². The van der Waals surface area contributed by atoms with E-state index in [4.69, 9.17) is 14.5 Å². The molecular formula is C21H26N6O3S. The van der Waals surface area contributed by atoms with E-state index < -0.39 is 5.60 Å². The van der Waals surface area contributed by atoms with E-state index in [0.29, 0.717) is 13.2 Å². The number of likely N-dealkylation sites (tertiary alicyclic amines) is 1. The van der Waals surface area contributed by atoms with E-state index in [9.17, 15) is 4.79 Å². The molecule has 3 aromatic rings. The molecule has 1 unspecified atom stereocenters. The second kappa shape index (κ2) is 9.01. The number of nitrogens with zero attached hydrogens (tertiary/aromatic N) is 6. The Morgan fingerprint density at radius 3 is 2.77 bits per heavy atom. The minimum absolute atomic E-state index is 0.232. The maximum atomic E-state index is 12.4. The number of hydrogen-bond acceptors (Lipinski definition) is 8. The van der Waals surface area contributed by atoms with E-state index in [-0.39, 0.29) is 12.0 Å². The smallest absolute Gasteiger partial charge is 0.410 e. The monoisotopic (exact) mass is 442 g/mol. The van der Waals surface area contributed by atoms with Gasteiger partial charge in [-0.3, -0.25) is 0 Å². The van der Waals surface area contributed by atoms with Gasteiger partial charge < -0.3 is 14.4 Å². The molecule has 0 bridgehead atoms. The van der Waals surface area contributed by atoms with Crippen LogP contribution in [-0.2, 0) is 11.3 Å². The number of tetrazole rings is 1. The van der Waals surface area contributed by atoms with Gasteiger partial charge in [0.1, 0.15) is 24.3 Å². The summed E-state index contributed by atoms with van der Waals surface area (Å²) in [6.07, 6.45) is 3.26. The number of rotatable bonds is 5. The average molecular weight is 443 g/mol. The maximum Gasteiger partial charge on any atom is 0.410 e. The lowest BCUT2D eigenvalue weighted by Gasteiger charge is -2.33. The van der Waals surface area contributed by atoms with Gasteiger partial charge in [-0.25, -0.2) is 14.5 Å². The van der Waals surface area contributed by atoms with Crippen LogP contribution in [0.25, 0.3) is 5.69 Å². The Kier molecular flexibility index (Phi) is 6.17. The van der Waals surface area contributed by atoms with Crippen molar-refractivity contribution in [3.63, 3.8) is 0 Å². The fourth-order valence-electron chi connectivity index (χ4n) is 3.38. The summed E-state index contributed by atoms with van der Waals surface area (Å²) in [4.78, 5) is 19.0. The Balaban J connectivity index is 1.32. The molecule has 0 radical (unpaired) electrons. The number of hydrogen-bond donors (Lipinski definition) is 0. The average Bonchev–Trinajstić information content (AvgIpc) is 3.44. The van der Waals surface area contributed by atoms with E-state index in [0.717, 1.165) is 41.5 Å². The number of aromatic nitrogens is 5. The van der Waals surface area contributed by atoms with Crippen LogP contribution in [0.15, 0.2) is 36.0 Å². The molecule has 4 rings (SSSR count). The highest BCUT2D eigenvalue weighted by molar-refractivity contribution is 7.09. The molecule has 0 N–H and O–H groups in total. The molecule has 0 aliphatic carbocycles. The third-order valence-electron chi connectivity index (χ3n) is 4.83. The molecular weight excluding hydrogens is 416 g/mol. The molecule has 1 aliphatic heterocycles. The van der Waals surface area contributed by atoms with Crippen LogP contribution in [0.3, 0.4) is 0 Å². The van der Waals surface area contributed by atoms with Crippen LogP contribution in [0.5, 0.6) is 5.75 Å². The highest BCUT2D eigenvalue weighted by Gasteiger charge is 2.29. The number of carbonyl (C=O) groups excluding carboxylic acids is 1. The third-order valence-corrected chi connectivity index (χ3v) is 5.88. The predicted molar refractivity (Wildman–Crippen MR) is 115 cm³/mol. The van der Waals surface area contributed by atoms with Crippen molar-refractivity contribution in [3.05, 3.63) is 46.7 Å². The molecule has 1 aliphatic rings. The Hall–Kier alpha value is -3.01. The molecule has 1 atom stereocenters. The van der Waals surface area contributed by atoms with Crippen molar-refractivity contribution < 1.29 is 14.3 Å². The Morgan fingerprint density at radius 2 is 2.06 bits per heavy atom. The van der Waals surface area contributed by atoms with Gasteiger partial charge >= 0.3 is 6.09 Å². The first-order valence-corrected chi connectivity index (χ1v) is 11.1. The van der Waals surface area contributed by atoms with E-state index >= 15 is 0 Å². The first-order valence-electron chi connectivity index (χ1n) is 10.3. The molecule has 1 fully saturated rings. The van der Waals surface area contributed by atoms with Gasteiger partial charge in [-0.1, -0.05) is 0 Å². The van der Waals surface area contributed by atoms with Gasteiger partial charge in [-0.15, -0.1) is 16.4 Å². The fraction of sp³-hybridized carbons (Fsp3) is 0.476. The molecule has 0 saturated carbocycles. The largest absolute Gasteiger partial charge is 0.487 e. The quantitative estimate of drug-likeness (QED) is 0.593. The van der Waals surface area contributed by atoms with Gasteiger partial charge in [0.05, 0.1) is 16.4 Å². The van der Waals surface area contributed by atoms with E-state index in [2.05, 4.69) is 15.5 Å². The summed E-state index contributed by atoms with van der Waals surface area (Å²) >= 11 is 1.62. The summed E-state index contributed by atoms with van der Waals surface area (Å²) in [6.45, 7) is 7.42. The van der Waals surface area contributed by atoms with E-state index in [1.54, 1.807) is 27.2 Å². The van der Waals surface area contributed by atoms with Crippen molar-refractivity contribution in [1.82, 2.24) is 30.1 Å². The summed E-state index contributed by atoms with van der Waals surface area (Å²) in [5, 5.41) is 14.2. The number of amides is 1. The lowest BCUT2D eigenvalue weighted by molar-refractivity contribution is 0.0198. The zero-order valence-corrected chi connectivity index (χ0v) is 18.7. The molecule has 9 nitrogen and oxygen atoms in total. The van der Waals surface area contributed by atoms with Gasteiger partial charge in [0.2, 0.25) is 0 Å². The lowest BCUT2D eigenvalue weighted by Crippen LogP contribution is -2.42. The van der Waals surface area contributed by atoms with Crippen molar-refractivity contribution in [1.29, 1.82) is 0 Å². The normalized spacial score (nSPS) is 16.9. The first kappa shape index (κ1) is 21.2. The minimum Gasteiger partial charge on any atom is -0.487 e. The van der Waals surface area contributed by atoms with Crippen LogP contribution in [0.2, 0.25) is 0 Å². The topological polar surface area (TPSA) is 95.3 Å². The van der Waals surface area contributed by atoms with Gasteiger partial charge in [0.25, 0.3) is 0 Å². The molecule has 31 heavy (non-hydrogen) atoms. The SMILES string of the molecule is CC(C)(C)OC(=O)N1CCCC(c2nc(COc3ccc(-n4cnnn4)cc3)cs2)C1. The van der Waals surface area contributed by atoms with E-state index in [1.807, 2.05) is 50.4 Å². The van der Waals surface area contributed by atoms with Crippen LogP contribution >= 0.6 is 11.3 Å². The first-order chi connectivity index (χ1) is 14.9. The van der Waals surface area contributed by atoms with Crippen LogP contribution in [0.1, 0.15) is 50.2 Å². The summed E-state index contributed by atoms with van der Waals surface area (Å²) in [6, 6.07) is 7.55. The van der Waals surface area contributed by atoms with Crippen molar-refractivity contribution in [2.75, 3.05) is 13.1 Å². The standard InChI is InChI=1S/C21H26N6O3S/c1-21(2,3)30-20(28)26-10-4-5-15(11-26)19-23-16(13-31-19)12-29-18-8-6-17(7-9-18)27-14-22-24-25-27/h6-9,13-15H,4-5,10-12H2,1-3H3. The van der Waals surface area contributed by atoms with Crippen LogP contribution in [-0.4, -0.2) is 54.9 Å². The summed E-state index contributed by atoms with van der Waals surface area (Å²) in [5.74, 6) is 0.982. The number of thiazole rings is 1. The number of carbonyl (C=O) groups is 1. The van der Waals surface area contributed by atoms with Gasteiger partial charge in [0.15, 0.2) is 0 Å². The minimum atomic E-state index is -0.486. The highest BCUT2D eigenvalue weighted by atomic mass is 32.1. The van der Waals surface area contributed by atoms with Crippen molar-refractivity contribution >= 4 is 17.4 Å². The molecule has 2 aromatic heterocycles. The molecule has 164 valence electrons. The van der Waals surface area contributed by atoms with E-state index in [1.165, 1.54) is 0 Å². The molecule has 3 heterocycles.